The first kappa shape index (κ1) is 11.2. The average molecular weight is 251 g/mol. The van der Waals surface area contributed by atoms with Crippen molar-refractivity contribution in [1.29, 1.82) is 0 Å². The molecule has 0 amide bonds. The molecule has 0 saturated heterocycles. The highest BCUT2D eigenvalue weighted by atomic mass is 16.3. The fourth-order valence-corrected chi connectivity index (χ4v) is 1.64. The van der Waals surface area contributed by atoms with E-state index in [4.69, 9.17) is 8.83 Å². The van der Waals surface area contributed by atoms with E-state index in [2.05, 4.69) is 16.8 Å². The van der Waals surface area contributed by atoms with E-state index in [-0.39, 0.29) is 11.5 Å². The molecule has 0 spiro atoms. The minimum atomic E-state index is -0.348. The van der Waals surface area contributed by atoms with Crippen LogP contribution in [0, 0.1) is 11.8 Å². The highest BCUT2D eigenvalue weighted by Crippen LogP contribution is 2.18. The van der Waals surface area contributed by atoms with Crippen LogP contribution in [-0.4, -0.2) is 10.8 Å². The van der Waals surface area contributed by atoms with Crippen LogP contribution in [0.15, 0.2) is 57.8 Å². The standard InChI is InChI=1S/C15H9NO3/c17-13(15-4-2-10-19-15)8-6-11-5-7-12(16-11)14-3-1-9-18-14/h1-5,7,9-10,16H. The molecule has 92 valence electrons. The van der Waals surface area contributed by atoms with Gasteiger partial charge in [-0.2, -0.15) is 0 Å². The molecule has 0 radical (unpaired) electrons. The van der Waals surface area contributed by atoms with Gasteiger partial charge in [0.2, 0.25) is 0 Å². The zero-order chi connectivity index (χ0) is 13.1. The van der Waals surface area contributed by atoms with E-state index in [9.17, 15) is 4.79 Å². The summed E-state index contributed by atoms with van der Waals surface area (Å²) in [5, 5.41) is 0. The lowest BCUT2D eigenvalue weighted by atomic mass is 10.3. The van der Waals surface area contributed by atoms with E-state index in [1.54, 1.807) is 24.5 Å². The van der Waals surface area contributed by atoms with Crippen LogP contribution in [0.1, 0.15) is 16.2 Å². The summed E-state index contributed by atoms with van der Waals surface area (Å²) in [6.45, 7) is 0. The second-order valence-electron chi connectivity index (χ2n) is 3.82. The number of aromatic amines is 1. The van der Waals surface area contributed by atoms with Crippen LogP contribution in [0.25, 0.3) is 11.5 Å². The first-order chi connectivity index (χ1) is 9.33. The Balaban J connectivity index is 1.80. The van der Waals surface area contributed by atoms with Gasteiger partial charge in [0.1, 0.15) is 5.76 Å². The van der Waals surface area contributed by atoms with Gasteiger partial charge in [0, 0.05) is 0 Å². The van der Waals surface area contributed by atoms with Crippen LogP contribution in [0.5, 0.6) is 0 Å². The molecule has 0 atom stereocenters. The van der Waals surface area contributed by atoms with E-state index in [1.165, 1.54) is 6.26 Å². The van der Waals surface area contributed by atoms with Crippen molar-refractivity contribution in [3.05, 3.63) is 60.4 Å². The number of carbonyl (C=O) groups is 1. The van der Waals surface area contributed by atoms with E-state index in [0.717, 1.165) is 11.5 Å². The lowest BCUT2D eigenvalue weighted by Crippen LogP contribution is -1.91. The van der Waals surface area contributed by atoms with Gasteiger partial charge in [-0.1, -0.05) is 0 Å². The molecule has 3 aromatic rings. The third kappa shape index (κ3) is 2.35. The number of hydrogen-bond acceptors (Lipinski definition) is 3. The molecule has 3 aromatic heterocycles. The summed E-state index contributed by atoms with van der Waals surface area (Å²) in [5.74, 6) is 5.89. The zero-order valence-electron chi connectivity index (χ0n) is 9.84. The van der Waals surface area contributed by atoms with Crippen molar-refractivity contribution in [2.24, 2.45) is 0 Å². The molecule has 0 aromatic carbocycles. The summed E-state index contributed by atoms with van der Waals surface area (Å²) in [6, 6.07) is 10.5. The van der Waals surface area contributed by atoms with E-state index in [1.807, 2.05) is 18.2 Å². The zero-order valence-corrected chi connectivity index (χ0v) is 9.84. The maximum Gasteiger partial charge on any atom is 0.271 e. The van der Waals surface area contributed by atoms with Gasteiger partial charge < -0.3 is 13.8 Å². The van der Waals surface area contributed by atoms with Crippen LogP contribution < -0.4 is 0 Å². The number of Topliss-reactive ketones (excluding diaryl/α,β-unsaturated/α-hetero) is 1. The first-order valence-corrected chi connectivity index (χ1v) is 5.66. The summed E-state index contributed by atoms with van der Waals surface area (Å²) in [7, 11) is 0. The highest BCUT2D eigenvalue weighted by molar-refractivity contribution is 6.07. The van der Waals surface area contributed by atoms with Crippen LogP contribution >= 0.6 is 0 Å². The lowest BCUT2D eigenvalue weighted by molar-refractivity contribution is 0.103. The SMILES string of the molecule is O=C(C#Cc1ccc(-c2ccco2)[nH]1)c1ccco1. The molecule has 1 N–H and O–H groups in total. The van der Waals surface area contributed by atoms with Gasteiger partial charge in [-0.3, -0.25) is 4.79 Å². The summed E-state index contributed by atoms with van der Waals surface area (Å²) in [4.78, 5) is 14.7. The fourth-order valence-electron chi connectivity index (χ4n) is 1.64. The number of nitrogens with one attached hydrogen (secondary N) is 1. The van der Waals surface area contributed by atoms with Gasteiger partial charge >= 0.3 is 0 Å². The van der Waals surface area contributed by atoms with Crippen molar-refractivity contribution < 1.29 is 13.6 Å². The Morgan fingerprint density at radius 3 is 2.63 bits per heavy atom. The van der Waals surface area contributed by atoms with Crippen molar-refractivity contribution in [2.75, 3.05) is 0 Å². The number of carbonyl (C=O) groups excluding carboxylic acids is 1. The maximum atomic E-state index is 11.6. The molecule has 0 unspecified atom stereocenters. The van der Waals surface area contributed by atoms with Crippen molar-refractivity contribution in [1.82, 2.24) is 4.98 Å². The Labute approximate surface area is 109 Å². The monoisotopic (exact) mass is 251 g/mol. The molecular weight excluding hydrogens is 242 g/mol. The summed E-state index contributed by atoms with van der Waals surface area (Å²) < 4.78 is 10.2. The second-order valence-corrected chi connectivity index (χ2v) is 3.82. The Hall–Kier alpha value is -2.93. The average Bonchev–Trinajstić information content (AvgIpc) is 3.14. The smallest absolute Gasteiger partial charge is 0.271 e. The Kier molecular flexibility index (Phi) is 2.79. The largest absolute Gasteiger partial charge is 0.463 e. The fraction of sp³-hybridized carbons (Fsp3) is 0. The number of rotatable bonds is 2. The summed E-state index contributed by atoms with van der Waals surface area (Å²) in [5.41, 5.74) is 1.46. The van der Waals surface area contributed by atoms with Gasteiger partial charge in [0.05, 0.1) is 23.9 Å². The van der Waals surface area contributed by atoms with Crippen molar-refractivity contribution >= 4 is 5.78 Å². The molecule has 0 saturated carbocycles. The van der Waals surface area contributed by atoms with E-state index < -0.39 is 0 Å². The molecule has 4 nitrogen and oxygen atoms in total. The normalized spacial score (nSPS) is 9.89. The Morgan fingerprint density at radius 2 is 1.89 bits per heavy atom. The minimum Gasteiger partial charge on any atom is -0.463 e. The molecule has 0 fully saturated rings. The van der Waals surface area contributed by atoms with Crippen LogP contribution in [-0.2, 0) is 0 Å². The van der Waals surface area contributed by atoms with E-state index >= 15 is 0 Å². The molecule has 3 rings (SSSR count). The van der Waals surface area contributed by atoms with Gasteiger partial charge in [-0.05, 0) is 48.2 Å². The van der Waals surface area contributed by atoms with Crippen molar-refractivity contribution in [3.8, 4) is 23.3 Å². The molecule has 0 aliphatic heterocycles. The lowest BCUT2D eigenvalue weighted by Gasteiger charge is -1.88. The van der Waals surface area contributed by atoms with Crippen LogP contribution in [0.4, 0.5) is 0 Å². The maximum absolute atomic E-state index is 11.6. The molecule has 0 aliphatic rings. The Bertz CT molecular complexity index is 737. The third-order valence-corrected chi connectivity index (χ3v) is 2.53. The molecule has 3 heterocycles. The number of H-pyrrole nitrogens is 1. The number of hydrogen-bond donors (Lipinski definition) is 1. The minimum absolute atomic E-state index is 0.241. The quantitative estimate of drug-likeness (QED) is 0.562. The summed E-state index contributed by atoms with van der Waals surface area (Å²) in [6.07, 6.45) is 3.04. The Morgan fingerprint density at radius 1 is 1.05 bits per heavy atom. The van der Waals surface area contributed by atoms with Gasteiger partial charge in [0.15, 0.2) is 5.76 Å². The topological polar surface area (TPSA) is 59.1 Å². The van der Waals surface area contributed by atoms with Gasteiger partial charge in [0.25, 0.3) is 5.78 Å². The molecule has 0 aliphatic carbocycles. The van der Waals surface area contributed by atoms with Crippen LogP contribution in [0.3, 0.4) is 0 Å². The number of furan rings is 2. The molecule has 19 heavy (non-hydrogen) atoms. The van der Waals surface area contributed by atoms with Crippen molar-refractivity contribution in [2.45, 2.75) is 0 Å². The van der Waals surface area contributed by atoms with Crippen LogP contribution in [0.2, 0.25) is 0 Å². The van der Waals surface area contributed by atoms with Crippen molar-refractivity contribution in [3.63, 3.8) is 0 Å². The van der Waals surface area contributed by atoms with Gasteiger partial charge in [-0.15, -0.1) is 0 Å². The highest BCUT2D eigenvalue weighted by Gasteiger charge is 2.05. The number of aromatic nitrogens is 1. The predicted octanol–water partition coefficient (Wildman–Crippen LogP) is 3.10. The second kappa shape index (κ2) is 4.75. The predicted molar refractivity (Wildman–Crippen MR) is 68.4 cm³/mol. The summed E-state index contributed by atoms with van der Waals surface area (Å²) >= 11 is 0. The molecule has 4 heteroatoms. The molecule has 0 bridgehead atoms. The van der Waals surface area contributed by atoms with Gasteiger partial charge in [-0.25, -0.2) is 0 Å². The number of ketones is 1. The molecular formula is C15H9NO3. The first-order valence-electron chi connectivity index (χ1n) is 5.66. The van der Waals surface area contributed by atoms with E-state index in [0.29, 0.717) is 5.69 Å². The third-order valence-electron chi connectivity index (χ3n) is 2.53.